The number of aliphatic hydroxyl groups excluding tert-OH is 2. The highest BCUT2D eigenvalue weighted by molar-refractivity contribution is 6.06. The van der Waals surface area contributed by atoms with Gasteiger partial charge in [-0.05, 0) is 39.2 Å². The summed E-state index contributed by atoms with van der Waals surface area (Å²) in [5.41, 5.74) is 4.76. The normalized spacial score (nSPS) is 17.8. The monoisotopic (exact) mass is 428 g/mol. The number of ether oxygens (including phenoxy) is 1. The number of fused-ring (bicyclic) bond motifs is 5. The van der Waals surface area contributed by atoms with Crippen molar-refractivity contribution in [1.82, 2.24) is 15.0 Å². The average Bonchev–Trinajstić information content (AvgIpc) is 3.04. The van der Waals surface area contributed by atoms with Crippen molar-refractivity contribution >= 4 is 28.0 Å². The Labute approximate surface area is 182 Å². The van der Waals surface area contributed by atoms with Crippen molar-refractivity contribution < 1.29 is 19.4 Å². The molecule has 0 radical (unpaired) electrons. The predicted octanol–water partition coefficient (Wildman–Crippen LogP) is 3.31. The molecule has 0 unspecified atom stereocenters. The minimum absolute atomic E-state index is 0.226. The second kappa shape index (κ2) is 8.00. The third-order valence-corrected chi connectivity index (χ3v) is 5.66. The number of pyridine rings is 1. The Morgan fingerprint density at radius 3 is 2.35 bits per heavy atom. The van der Waals surface area contributed by atoms with Gasteiger partial charge in [0.2, 0.25) is 5.71 Å². The molecule has 8 nitrogen and oxygen atoms in total. The van der Waals surface area contributed by atoms with Gasteiger partial charge in [-0.25, -0.2) is 15.0 Å². The minimum Gasteiger partial charge on any atom is -0.432 e. The highest BCUT2D eigenvalue weighted by Crippen LogP contribution is 2.41. The van der Waals surface area contributed by atoms with Crippen LogP contribution < -0.4 is 4.90 Å². The van der Waals surface area contributed by atoms with Crippen molar-refractivity contribution in [3.05, 3.63) is 23.1 Å². The molecule has 0 saturated carbocycles. The Morgan fingerprint density at radius 1 is 1.06 bits per heavy atom. The van der Waals surface area contributed by atoms with E-state index in [1.807, 2.05) is 4.90 Å². The number of hydrogen-bond donors (Lipinski definition) is 2. The predicted molar refractivity (Wildman–Crippen MR) is 119 cm³/mol. The molecular weight excluding hydrogens is 396 g/mol. The molecule has 0 fully saturated rings. The molecule has 0 aromatic carbocycles. The average molecular weight is 429 g/mol. The molecule has 1 aliphatic heterocycles. The van der Waals surface area contributed by atoms with Crippen LogP contribution >= 0.6 is 0 Å². The molecule has 0 saturated heterocycles. The number of furan rings is 1. The zero-order valence-electron chi connectivity index (χ0n) is 19.1. The van der Waals surface area contributed by atoms with E-state index in [1.165, 1.54) is 11.9 Å². The lowest BCUT2D eigenvalue weighted by Gasteiger charge is -2.33. The van der Waals surface area contributed by atoms with Crippen LogP contribution in [0.1, 0.15) is 64.3 Å². The molecule has 8 heteroatoms. The third-order valence-electron chi connectivity index (χ3n) is 5.66. The summed E-state index contributed by atoms with van der Waals surface area (Å²) in [4.78, 5) is 15.7. The maximum absolute atomic E-state index is 10.00. The summed E-state index contributed by atoms with van der Waals surface area (Å²) in [5, 5.41) is 20.9. The first-order valence-electron chi connectivity index (χ1n) is 10.9. The van der Waals surface area contributed by atoms with E-state index < -0.39 is 12.2 Å². The summed E-state index contributed by atoms with van der Waals surface area (Å²) >= 11 is 0. The smallest absolute Gasteiger partial charge is 0.229 e. The molecule has 2 atom stereocenters. The molecule has 4 rings (SSSR count). The van der Waals surface area contributed by atoms with Gasteiger partial charge in [-0.15, -0.1) is 0 Å². The van der Waals surface area contributed by atoms with Crippen molar-refractivity contribution in [2.75, 3.05) is 18.0 Å². The molecule has 3 aromatic heterocycles. The Hall–Kier alpha value is -2.29. The van der Waals surface area contributed by atoms with Crippen LogP contribution in [-0.4, -0.2) is 56.1 Å². The van der Waals surface area contributed by atoms with E-state index in [9.17, 15) is 10.2 Å². The highest BCUT2D eigenvalue weighted by atomic mass is 16.5. The number of nitrogens with zero attached hydrogens (tertiary/aromatic N) is 4. The first-order chi connectivity index (χ1) is 14.6. The molecular formula is C23H32N4O4. The quantitative estimate of drug-likeness (QED) is 0.616. The zero-order valence-corrected chi connectivity index (χ0v) is 19.1. The van der Waals surface area contributed by atoms with Gasteiger partial charge in [-0.3, -0.25) is 0 Å². The fourth-order valence-corrected chi connectivity index (χ4v) is 4.41. The van der Waals surface area contributed by atoms with E-state index in [1.54, 1.807) is 13.8 Å². The van der Waals surface area contributed by atoms with E-state index in [4.69, 9.17) is 14.1 Å². The van der Waals surface area contributed by atoms with Crippen molar-refractivity contribution in [2.45, 2.75) is 78.3 Å². The largest absolute Gasteiger partial charge is 0.432 e. The summed E-state index contributed by atoms with van der Waals surface area (Å²) in [6.45, 7) is 13.0. The fraction of sp³-hybridized carbons (Fsp3) is 0.609. The lowest BCUT2D eigenvalue weighted by molar-refractivity contribution is -0.0402. The van der Waals surface area contributed by atoms with Crippen molar-refractivity contribution in [1.29, 1.82) is 0 Å². The van der Waals surface area contributed by atoms with Crippen LogP contribution in [-0.2, 0) is 17.8 Å². The van der Waals surface area contributed by atoms with Gasteiger partial charge in [-0.2, -0.15) is 0 Å². The molecule has 0 spiro atoms. The number of aromatic nitrogens is 3. The van der Waals surface area contributed by atoms with Gasteiger partial charge in [0.1, 0.15) is 11.8 Å². The Balaban J connectivity index is 1.99. The maximum atomic E-state index is 10.00. The van der Waals surface area contributed by atoms with Crippen molar-refractivity contribution in [3.8, 4) is 0 Å². The molecule has 0 aliphatic carbocycles. The van der Waals surface area contributed by atoms with Crippen LogP contribution in [0.15, 0.2) is 10.7 Å². The topological polar surface area (TPSA) is 105 Å². The molecule has 3 aromatic rings. The molecule has 168 valence electrons. The Kier molecular flexibility index (Phi) is 5.66. The van der Waals surface area contributed by atoms with Gasteiger partial charge in [-0.1, -0.05) is 13.8 Å². The van der Waals surface area contributed by atoms with Crippen molar-refractivity contribution in [2.24, 2.45) is 0 Å². The first kappa shape index (κ1) is 21.9. The lowest BCUT2D eigenvalue weighted by atomic mass is 9.87. The maximum Gasteiger partial charge on any atom is 0.229 e. The van der Waals surface area contributed by atoms with Gasteiger partial charge >= 0.3 is 0 Å². The number of aliphatic hydroxyl groups is 2. The van der Waals surface area contributed by atoms with E-state index in [0.717, 1.165) is 23.1 Å². The van der Waals surface area contributed by atoms with Crippen LogP contribution in [0.4, 0.5) is 5.82 Å². The van der Waals surface area contributed by atoms with Crippen LogP contribution in [0.2, 0.25) is 0 Å². The van der Waals surface area contributed by atoms with E-state index in [2.05, 4.69) is 37.7 Å². The van der Waals surface area contributed by atoms with Crippen LogP contribution in [0.25, 0.3) is 22.2 Å². The molecule has 0 bridgehead atoms. The summed E-state index contributed by atoms with van der Waals surface area (Å²) in [7, 11) is 0. The van der Waals surface area contributed by atoms with E-state index >= 15 is 0 Å². The second-order valence-electron chi connectivity index (χ2n) is 9.59. The minimum atomic E-state index is -0.593. The summed E-state index contributed by atoms with van der Waals surface area (Å²) in [6.07, 6.45) is 1.06. The summed E-state index contributed by atoms with van der Waals surface area (Å²) in [5.74, 6) is 0.777. The second-order valence-corrected chi connectivity index (χ2v) is 9.59. The molecule has 1 aliphatic rings. The number of hydrogen-bond acceptors (Lipinski definition) is 8. The van der Waals surface area contributed by atoms with Gasteiger partial charge in [0.05, 0.1) is 35.5 Å². The van der Waals surface area contributed by atoms with E-state index in [-0.39, 0.29) is 11.5 Å². The van der Waals surface area contributed by atoms with Crippen molar-refractivity contribution in [3.63, 3.8) is 0 Å². The van der Waals surface area contributed by atoms with Gasteiger partial charge < -0.3 is 24.3 Å². The van der Waals surface area contributed by atoms with Gasteiger partial charge in [0.15, 0.2) is 11.4 Å². The molecule has 31 heavy (non-hydrogen) atoms. The van der Waals surface area contributed by atoms with Crippen LogP contribution in [0.3, 0.4) is 0 Å². The standard InChI is InChI=1S/C23H32N4O4/c1-12(2)18-16-10-30-23(5,6)7-15(16)17-19-20(31-22(17)26-18)21(25-11-24-19)27(8-13(3)28)9-14(4)29/h11-14,28-29H,7-10H2,1-6H3/t13-,14-/m1/s1. The van der Waals surface area contributed by atoms with Gasteiger partial charge in [0, 0.05) is 25.1 Å². The highest BCUT2D eigenvalue weighted by Gasteiger charge is 2.33. The van der Waals surface area contributed by atoms with Crippen LogP contribution in [0, 0.1) is 0 Å². The van der Waals surface area contributed by atoms with Gasteiger partial charge in [0.25, 0.3) is 0 Å². The third kappa shape index (κ3) is 4.12. The summed E-state index contributed by atoms with van der Waals surface area (Å²) in [6, 6.07) is 0. The van der Waals surface area contributed by atoms with Crippen LogP contribution in [0.5, 0.6) is 0 Å². The first-order valence-corrected chi connectivity index (χ1v) is 10.9. The number of anilines is 1. The fourth-order valence-electron chi connectivity index (χ4n) is 4.41. The Morgan fingerprint density at radius 2 is 1.74 bits per heavy atom. The SMILES string of the molecule is CC(C)c1nc2oc3c(N(C[C@@H](C)O)C[C@@H](C)O)ncnc3c2c2c1COC(C)(C)C2. The van der Waals surface area contributed by atoms with E-state index in [0.29, 0.717) is 42.3 Å². The zero-order chi connectivity index (χ0) is 22.5. The molecule has 4 heterocycles. The molecule has 2 N–H and O–H groups in total. The number of rotatable bonds is 6. The summed E-state index contributed by atoms with van der Waals surface area (Å²) < 4.78 is 12.4. The Bertz CT molecular complexity index is 1090. The molecule has 0 amide bonds. The lowest BCUT2D eigenvalue weighted by Crippen LogP contribution is -2.37.